The third-order valence-electron chi connectivity index (χ3n) is 15.8. The number of rotatable bonds is 9. The van der Waals surface area contributed by atoms with Crippen molar-refractivity contribution in [2.45, 2.75) is 139 Å². The predicted octanol–water partition coefficient (Wildman–Crippen LogP) is 8.92. The SMILES string of the molecule is CC(C)C1=C2[C@H]3CC[C@@H]4[C@@]5(C)CC[C@H](OC(=O)CC(C)(C)C(=O)O)C(C)(C)[C@@H]5CC[C@@]4(C)[C@]3(C)CC[C@@]2(C(=O)C(=O)NCc2ccc(Cl)cc2)CC1=O. The second-order valence-corrected chi connectivity index (χ2v) is 20.1. The number of carboxylic acids is 1. The molecule has 4 fully saturated rings. The van der Waals surface area contributed by atoms with E-state index in [1.54, 1.807) is 26.0 Å². The molecule has 1 aromatic carbocycles. The Hall–Kier alpha value is -3.00. The number of allylic oxidation sites excluding steroid dienone is 2. The van der Waals surface area contributed by atoms with E-state index in [0.717, 1.165) is 61.7 Å². The highest BCUT2D eigenvalue weighted by atomic mass is 35.5. The van der Waals surface area contributed by atoms with Crippen LogP contribution >= 0.6 is 11.6 Å². The van der Waals surface area contributed by atoms with Gasteiger partial charge in [0.05, 0.1) is 17.3 Å². The van der Waals surface area contributed by atoms with E-state index < -0.39 is 34.5 Å². The monoisotopic (exact) mass is 749 g/mol. The van der Waals surface area contributed by atoms with E-state index in [1.165, 1.54) is 0 Å². The van der Waals surface area contributed by atoms with Crippen LogP contribution < -0.4 is 5.32 Å². The predicted molar refractivity (Wildman–Crippen MR) is 204 cm³/mol. The number of benzene rings is 1. The van der Waals surface area contributed by atoms with E-state index in [0.29, 0.717) is 23.3 Å². The lowest BCUT2D eigenvalue weighted by atomic mass is 9.33. The van der Waals surface area contributed by atoms with Crippen molar-refractivity contribution in [3.63, 3.8) is 0 Å². The highest BCUT2D eigenvalue weighted by Crippen LogP contribution is 2.76. The maximum atomic E-state index is 14.5. The summed E-state index contributed by atoms with van der Waals surface area (Å²) >= 11 is 6.05. The zero-order valence-electron chi connectivity index (χ0n) is 33.2. The van der Waals surface area contributed by atoms with Gasteiger partial charge in [0.2, 0.25) is 5.78 Å². The first-order valence-corrected chi connectivity index (χ1v) is 20.2. The first-order chi connectivity index (χ1) is 24.5. The van der Waals surface area contributed by atoms with Crippen LogP contribution in [0.1, 0.15) is 132 Å². The van der Waals surface area contributed by atoms with Gasteiger partial charge in [-0.05, 0) is 134 Å². The Bertz CT molecular complexity index is 1740. The van der Waals surface area contributed by atoms with Crippen molar-refractivity contribution in [2.24, 2.45) is 56.2 Å². The molecule has 53 heavy (non-hydrogen) atoms. The molecular weight excluding hydrogens is 690 g/mol. The Labute approximate surface area is 320 Å². The summed E-state index contributed by atoms with van der Waals surface area (Å²) in [4.78, 5) is 67.0. The lowest BCUT2D eigenvalue weighted by Crippen LogP contribution is -2.66. The summed E-state index contributed by atoms with van der Waals surface area (Å²) in [6, 6.07) is 7.18. The summed E-state index contributed by atoms with van der Waals surface area (Å²) in [6.07, 6.45) is 6.31. The molecule has 1 aromatic rings. The number of fused-ring (bicyclic) bond motifs is 7. The number of carboxylic acid groups (broad SMARTS) is 1. The summed E-state index contributed by atoms with van der Waals surface area (Å²) in [7, 11) is 0. The molecular formula is C44H60ClNO7. The van der Waals surface area contributed by atoms with Crippen LogP contribution in [0, 0.1) is 56.2 Å². The number of aliphatic carboxylic acids is 1. The quantitative estimate of drug-likeness (QED) is 0.191. The second kappa shape index (κ2) is 13.3. The van der Waals surface area contributed by atoms with Crippen LogP contribution in [-0.2, 0) is 35.3 Å². The third-order valence-corrected chi connectivity index (χ3v) is 16.1. The van der Waals surface area contributed by atoms with E-state index in [1.807, 2.05) is 26.0 Å². The first-order valence-electron chi connectivity index (χ1n) is 19.8. The average molecular weight is 750 g/mol. The first kappa shape index (κ1) is 39.7. The summed E-state index contributed by atoms with van der Waals surface area (Å²) in [5, 5.41) is 13.1. The number of esters is 1. The number of ketones is 2. The van der Waals surface area contributed by atoms with E-state index in [2.05, 4.69) is 39.9 Å². The fraction of sp³-hybridized carbons (Fsp3) is 0.705. The van der Waals surface area contributed by atoms with Crippen LogP contribution in [0.15, 0.2) is 35.4 Å². The smallest absolute Gasteiger partial charge is 0.309 e. The Kier molecular flexibility index (Phi) is 9.99. The molecule has 9 heteroatoms. The molecule has 5 aliphatic carbocycles. The van der Waals surface area contributed by atoms with Crippen LogP contribution in [0.3, 0.4) is 0 Å². The van der Waals surface area contributed by atoms with Gasteiger partial charge in [0.1, 0.15) is 6.10 Å². The van der Waals surface area contributed by atoms with Gasteiger partial charge >= 0.3 is 11.9 Å². The van der Waals surface area contributed by atoms with Crippen molar-refractivity contribution in [3.8, 4) is 0 Å². The molecule has 5 aliphatic rings. The molecule has 0 bridgehead atoms. The van der Waals surface area contributed by atoms with Crippen LogP contribution in [0.25, 0.3) is 0 Å². The molecule has 0 radical (unpaired) electrons. The maximum Gasteiger partial charge on any atom is 0.309 e. The molecule has 0 saturated heterocycles. The molecule has 2 N–H and O–H groups in total. The topological polar surface area (TPSA) is 127 Å². The van der Waals surface area contributed by atoms with Crippen molar-refractivity contribution in [3.05, 3.63) is 46.0 Å². The number of carbonyl (C=O) groups is 5. The van der Waals surface area contributed by atoms with Gasteiger partial charge in [-0.2, -0.15) is 0 Å². The zero-order chi connectivity index (χ0) is 39.1. The van der Waals surface area contributed by atoms with Gasteiger partial charge in [-0.3, -0.25) is 24.0 Å². The molecule has 0 spiro atoms. The van der Waals surface area contributed by atoms with Crippen molar-refractivity contribution < 1.29 is 33.8 Å². The van der Waals surface area contributed by atoms with Crippen molar-refractivity contribution in [1.29, 1.82) is 0 Å². The Balaban J connectivity index is 1.28. The number of ether oxygens (including phenoxy) is 1. The molecule has 4 saturated carbocycles. The van der Waals surface area contributed by atoms with Gasteiger partial charge in [0.25, 0.3) is 5.91 Å². The van der Waals surface area contributed by atoms with Crippen LogP contribution in [0.2, 0.25) is 5.02 Å². The lowest BCUT2D eigenvalue weighted by molar-refractivity contribution is -0.233. The molecule has 1 amide bonds. The minimum absolute atomic E-state index is 0.0135. The van der Waals surface area contributed by atoms with Crippen molar-refractivity contribution in [1.82, 2.24) is 5.32 Å². The zero-order valence-corrected chi connectivity index (χ0v) is 34.0. The summed E-state index contributed by atoms with van der Waals surface area (Å²) in [6.45, 7) is 19.2. The van der Waals surface area contributed by atoms with E-state index in [4.69, 9.17) is 16.3 Å². The lowest BCUT2D eigenvalue weighted by Gasteiger charge is -2.72. The average Bonchev–Trinajstić information content (AvgIpc) is 3.38. The van der Waals surface area contributed by atoms with E-state index >= 15 is 0 Å². The Morgan fingerprint density at radius 3 is 2.19 bits per heavy atom. The minimum Gasteiger partial charge on any atom is -0.481 e. The van der Waals surface area contributed by atoms with Crippen LogP contribution in [0.4, 0.5) is 0 Å². The highest BCUT2D eigenvalue weighted by Gasteiger charge is 2.71. The second-order valence-electron chi connectivity index (χ2n) is 19.6. The van der Waals surface area contributed by atoms with Crippen molar-refractivity contribution >= 4 is 41.0 Å². The highest BCUT2D eigenvalue weighted by molar-refractivity contribution is 6.40. The van der Waals surface area contributed by atoms with Gasteiger partial charge in [-0.15, -0.1) is 0 Å². The third kappa shape index (κ3) is 6.12. The number of nitrogens with one attached hydrogen (secondary N) is 1. The Morgan fingerprint density at radius 2 is 1.57 bits per heavy atom. The summed E-state index contributed by atoms with van der Waals surface area (Å²) in [5.41, 5.74) is -0.270. The number of Topliss-reactive ketones (excluding diaryl/α,β-unsaturated/α-hetero) is 2. The molecule has 8 atom stereocenters. The fourth-order valence-electron chi connectivity index (χ4n) is 12.8. The summed E-state index contributed by atoms with van der Waals surface area (Å²) < 4.78 is 6.13. The molecule has 8 nitrogen and oxygen atoms in total. The Morgan fingerprint density at radius 1 is 0.906 bits per heavy atom. The molecule has 0 aliphatic heterocycles. The number of carbonyl (C=O) groups excluding carboxylic acids is 4. The minimum atomic E-state index is -1.19. The number of halogens is 1. The fourth-order valence-corrected chi connectivity index (χ4v) is 12.9. The van der Waals surface area contributed by atoms with Gasteiger partial charge in [-0.1, -0.05) is 72.2 Å². The number of hydrogen-bond donors (Lipinski definition) is 2. The largest absolute Gasteiger partial charge is 0.481 e. The van der Waals surface area contributed by atoms with Gasteiger partial charge in [0.15, 0.2) is 5.78 Å². The van der Waals surface area contributed by atoms with Crippen molar-refractivity contribution in [2.75, 3.05) is 0 Å². The van der Waals surface area contributed by atoms with Crippen LogP contribution in [-0.4, -0.2) is 40.6 Å². The maximum absolute atomic E-state index is 14.5. The van der Waals surface area contributed by atoms with Gasteiger partial charge in [0, 0.05) is 23.4 Å². The van der Waals surface area contributed by atoms with Gasteiger partial charge in [-0.25, -0.2) is 0 Å². The van der Waals surface area contributed by atoms with E-state index in [-0.39, 0.29) is 64.8 Å². The molecule has 290 valence electrons. The molecule has 6 rings (SSSR count). The number of amides is 1. The standard InChI is InChI=1S/C44H60ClNO7/c1-25(2)34-29(47)22-44(36(49)37(50)46-24-26-10-12-27(45)13-11-26)21-20-42(8)28(35(34)44)14-15-31-41(7)18-17-32(53-33(48)23-39(3,4)38(51)52)40(5,6)30(41)16-19-43(31,42)9/h10-13,25,28,30-32H,14-24H2,1-9H3,(H,46,50)(H,51,52)/t28-,30+,31-,32+,41+,42-,43-,44-/m1/s1. The van der Waals surface area contributed by atoms with E-state index in [9.17, 15) is 29.1 Å². The number of hydrogen-bond acceptors (Lipinski definition) is 6. The normalized spacial score (nSPS) is 36.2. The summed E-state index contributed by atoms with van der Waals surface area (Å²) in [5.74, 6) is -1.88. The van der Waals surface area contributed by atoms with Crippen LogP contribution in [0.5, 0.6) is 0 Å². The molecule has 0 heterocycles. The van der Waals surface area contributed by atoms with Gasteiger partial charge < -0.3 is 15.2 Å². The molecule has 0 aromatic heterocycles. The molecule has 0 unspecified atom stereocenters.